The van der Waals surface area contributed by atoms with Crippen LogP contribution in [0, 0.1) is 17.6 Å². The highest BCUT2D eigenvalue weighted by molar-refractivity contribution is 5.88. The summed E-state index contributed by atoms with van der Waals surface area (Å²) in [5.74, 6) is -2.82. The summed E-state index contributed by atoms with van der Waals surface area (Å²) in [5, 5.41) is 8.74. The monoisotopic (exact) mass is 270 g/mol. The quantitative estimate of drug-likeness (QED) is 0.875. The number of nitrogens with zero attached hydrogens (tertiary/aromatic N) is 1. The number of benzene rings is 1. The number of hydrogen-bond donors (Lipinski definition) is 2. The molecular formula is C13H16F2N2O2. The molecule has 3 N–H and O–H groups in total. The average molecular weight is 270 g/mol. The van der Waals surface area contributed by atoms with Gasteiger partial charge in [-0.05, 0) is 38.1 Å². The molecule has 6 heteroatoms. The Morgan fingerprint density at radius 2 is 2.16 bits per heavy atom. The Kier molecular flexibility index (Phi) is 3.82. The average Bonchev–Trinajstić information content (AvgIpc) is 2.72. The summed E-state index contributed by atoms with van der Waals surface area (Å²) in [7, 11) is 1.82. The third-order valence-electron chi connectivity index (χ3n) is 3.64. The van der Waals surface area contributed by atoms with Crippen LogP contribution in [-0.2, 0) is 0 Å². The van der Waals surface area contributed by atoms with Crippen molar-refractivity contribution in [1.82, 2.24) is 4.90 Å². The lowest BCUT2D eigenvalue weighted by molar-refractivity contribution is 0.0691. The molecule has 1 fully saturated rings. The number of hydrogen-bond acceptors (Lipinski definition) is 3. The largest absolute Gasteiger partial charge is 0.478 e. The zero-order valence-corrected chi connectivity index (χ0v) is 10.6. The Morgan fingerprint density at radius 1 is 1.47 bits per heavy atom. The fourth-order valence-corrected chi connectivity index (χ4v) is 2.62. The molecule has 0 saturated carbocycles. The van der Waals surface area contributed by atoms with Crippen LogP contribution in [0.4, 0.5) is 8.78 Å². The smallest absolute Gasteiger partial charge is 0.338 e. The van der Waals surface area contributed by atoms with Crippen LogP contribution >= 0.6 is 0 Å². The maximum Gasteiger partial charge on any atom is 0.338 e. The standard InChI is InChI=1S/C13H16F2N2O2/c1-17-6-7(5-16)2-12(17)8-3-11(15)9(13(18)19)4-10(8)14/h3-4,7,12H,2,5-6,16H2,1H3,(H,18,19). The van der Waals surface area contributed by atoms with Gasteiger partial charge in [0.1, 0.15) is 11.6 Å². The van der Waals surface area contributed by atoms with E-state index in [-0.39, 0.29) is 17.5 Å². The van der Waals surface area contributed by atoms with Crippen molar-refractivity contribution < 1.29 is 18.7 Å². The zero-order valence-electron chi connectivity index (χ0n) is 10.6. The summed E-state index contributed by atoms with van der Waals surface area (Å²) in [5.41, 5.74) is 5.15. The van der Waals surface area contributed by atoms with E-state index in [1.165, 1.54) is 0 Å². The summed E-state index contributed by atoms with van der Waals surface area (Å²) in [6.45, 7) is 1.22. The van der Waals surface area contributed by atoms with Gasteiger partial charge in [-0.25, -0.2) is 13.6 Å². The van der Waals surface area contributed by atoms with Crippen molar-refractivity contribution in [1.29, 1.82) is 0 Å². The van der Waals surface area contributed by atoms with Gasteiger partial charge in [-0.3, -0.25) is 4.90 Å². The van der Waals surface area contributed by atoms with Crippen LogP contribution in [0.25, 0.3) is 0 Å². The highest BCUT2D eigenvalue weighted by atomic mass is 19.1. The van der Waals surface area contributed by atoms with E-state index in [0.29, 0.717) is 13.0 Å². The summed E-state index contributed by atoms with van der Waals surface area (Å²) in [6.07, 6.45) is 0.649. The topological polar surface area (TPSA) is 66.6 Å². The van der Waals surface area contributed by atoms with Crippen LogP contribution in [0.1, 0.15) is 28.4 Å². The molecule has 1 heterocycles. The Hall–Kier alpha value is -1.53. The van der Waals surface area contributed by atoms with E-state index in [4.69, 9.17) is 10.8 Å². The first-order chi connectivity index (χ1) is 8.93. The minimum Gasteiger partial charge on any atom is -0.478 e. The minimum atomic E-state index is -1.47. The van der Waals surface area contributed by atoms with E-state index in [2.05, 4.69) is 0 Å². The second-order valence-electron chi connectivity index (χ2n) is 4.95. The fourth-order valence-electron chi connectivity index (χ4n) is 2.62. The van der Waals surface area contributed by atoms with Crippen LogP contribution in [0.2, 0.25) is 0 Å². The van der Waals surface area contributed by atoms with Crippen molar-refractivity contribution in [3.05, 3.63) is 34.9 Å². The van der Waals surface area contributed by atoms with E-state index < -0.39 is 23.2 Å². The van der Waals surface area contributed by atoms with Gasteiger partial charge < -0.3 is 10.8 Å². The normalized spacial score (nSPS) is 23.8. The van der Waals surface area contributed by atoms with Crippen LogP contribution in [0.15, 0.2) is 12.1 Å². The highest BCUT2D eigenvalue weighted by Crippen LogP contribution is 2.35. The summed E-state index contributed by atoms with van der Waals surface area (Å²) in [4.78, 5) is 12.6. The zero-order chi connectivity index (χ0) is 14.2. The Balaban J connectivity index is 2.36. The van der Waals surface area contributed by atoms with Crippen molar-refractivity contribution in [2.45, 2.75) is 12.5 Å². The molecular weight excluding hydrogens is 254 g/mol. The number of carbonyl (C=O) groups is 1. The molecule has 0 amide bonds. The summed E-state index contributed by atoms with van der Waals surface area (Å²) in [6, 6.07) is 1.47. The maximum atomic E-state index is 14.0. The van der Waals surface area contributed by atoms with Gasteiger partial charge in [-0.15, -0.1) is 0 Å². The van der Waals surface area contributed by atoms with Crippen molar-refractivity contribution in [3.63, 3.8) is 0 Å². The molecule has 0 aliphatic carbocycles. The lowest BCUT2D eigenvalue weighted by atomic mass is 9.98. The molecule has 2 rings (SSSR count). The number of rotatable bonds is 3. The predicted molar refractivity (Wildman–Crippen MR) is 65.8 cm³/mol. The molecule has 1 aromatic rings. The first-order valence-electron chi connectivity index (χ1n) is 6.06. The number of nitrogens with two attached hydrogens (primary N) is 1. The highest BCUT2D eigenvalue weighted by Gasteiger charge is 2.32. The molecule has 0 aromatic heterocycles. The SMILES string of the molecule is CN1CC(CN)CC1c1cc(F)c(C(=O)O)cc1F. The molecule has 1 aliphatic rings. The van der Waals surface area contributed by atoms with Crippen molar-refractivity contribution >= 4 is 5.97 Å². The van der Waals surface area contributed by atoms with Crippen LogP contribution in [0.5, 0.6) is 0 Å². The van der Waals surface area contributed by atoms with Crippen molar-refractivity contribution in [3.8, 4) is 0 Å². The Labute approximate surface area is 109 Å². The van der Waals surface area contributed by atoms with Gasteiger partial charge in [-0.2, -0.15) is 0 Å². The molecule has 104 valence electrons. The molecule has 19 heavy (non-hydrogen) atoms. The van der Waals surface area contributed by atoms with Gasteiger partial charge in [0.15, 0.2) is 0 Å². The maximum absolute atomic E-state index is 14.0. The number of carboxylic acids is 1. The third kappa shape index (κ3) is 2.59. The third-order valence-corrected chi connectivity index (χ3v) is 3.64. The van der Waals surface area contributed by atoms with E-state index in [1.54, 1.807) is 0 Å². The van der Waals surface area contributed by atoms with Crippen molar-refractivity contribution in [2.24, 2.45) is 11.7 Å². The van der Waals surface area contributed by atoms with E-state index in [1.807, 2.05) is 11.9 Å². The summed E-state index contributed by atoms with van der Waals surface area (Å²) >= 11 is 0. The molecule has 4 nitrogen and oxygen atoms in total. The van der Waals surface area contributed by atoms with Crippen molar-refractivity contribution in [2.75, 3.05) is 20.1 Å². The van der Waals surface area contributed by atoms with Gasteiger partial charge in [-0.1, -0.05) is 0 Å². The second-order valence-corrected chi connectivity index (χ2v) is 4.95. The van der Waals surface area contributed by atoms with Crippen LogP contribution in [0.3, 0.4) is 0 Å². The molecule has 1 saturated heterocycles. The van der Waals surface area contributed by atoms with E-state index in [9.17, 15) is 13.6 Å². The molecule has 1 aromatic carbocycles. The number of halogens is 2. The molecule has 0 bridgehead atoms. The Morgan fingerprint density at radius 3 is 2.68 bits per heavy atom. The first kappa shape index (κ1) is 13.9. The molecule has 2 unspecified atom stereocenters. The number of aromatic carboxylic acids is 1. The molecule has 1 aliphatic heterocycles. The van der Waals surface area contributed by atoms with Crippen LogP contribution in [-0.4, -0.2) is 36.1 Å². The number of likely N-dealkylation sites (tertiary alicyclic amines) is 1. The van der Waals surface area contributed by atoms with Gasteiger partial charge in [0.25, 0.3) is 0 Å². The van der Waals surface area contributed by atoms with Gasteiger partial charge in [0.2, 0.25) is 0 Å². The lowest BCUT2D eigenvalue weighted by Crippen LogP contribution is -2.21. The van der Waals surface area contributed by atoms with E-state index >= 15 is 0 Å². The van der Waals surface area contributed by atoms with Crippen LogP contribution < -0.4 is 5.73 Å². The minimum absolute atomic E-state index is 0.195. The van der Waals surface area contributed by atoms with Gasteiger partial charge in [0.05, 0.1) is 5.56 Å². The Bertz CT molecular complexity index is 508. The predicted octanol–water partition coefficient (Wildman–Crippen LogP) is 1.61. The summed E-state index contributed by atoms with van der Waals surface area (Å²) < 4.78 is 27.6. The number of carboxylic acid groups (broad SMARTS) is 1. The second kappa shape index (κ2) is 5.22. The lowest BCUT2D eigenvalue weighted by Gasteiger charge is -2.20. The van der Waals surface area contributed by atoms with Gasteiger partial charge >= 0.3 is 5.97 Å². The molecule has 2 atom stereocenters. The fraction of sp³-hybridized carbons (Fsp3) is 0.462. The van der Waals surface area contributed by atoms with E-state index in [0.717, 1.165) is 18.7 Å². The molecule has 0 spiro atoms. The first-order valence-corrected chi connectivity index (χ1v) is 6.06. The molecule has 0 radical (unpaired) electrons. The van der Waals surface area contributed by atoms with Gasteiger partial charge in [0, 0.05) is 18.2 Å².